The maximum atomic E-state index is 11.2. The highest BCUT2D eigenvalue weighted by atomic mass is 16.6. The molecule has 0 spiro atoms. The third kappa shape index (κ3) is 3.19. The van der Waals surface area contributed by atoms with Crippen molar-refractivity contribution in [2.24, 2.45) is 0 Å². The molecule has 0 radical (unpaired) electrons. The van der Waals surface area contributed by atoms with Gasteiger partial charge in [0.2, 0.25) is 0 Å². The molecule has 1 heterocycles. The van der Waals surface area contributed by atoms with Crippen molar-refractivity contribution in [1.82, 2.24) is 4.98 Å². The van der Waals surface area contributed by atoms with Crippen molar-refractivity contribution in [2.75, 3.05) is 11.9 Å². The lowest BCUT2D eigenvalue weighted by Gasteiger charge is -2.05. The van der Waals surface area contributed by atoms with Crippen LogP contribution in [0.2, 0.25) is 0 Å². The SMILES string of the molecule is CCCOC(=O)Nc1cccnc1[N+](=O)[O-]. The van der Waals surface area contributed by atoms with E-state index in [9.17, 15) is 14.9 Å². The highest BCUT2D eigenvalue weighted by Gasteiger charge is 2.16. The van der Waals surface area contributed by atoms with Crippen molar-refractivity contribution < 1.29 is 14.5 Å². The van der Waals surface area contributed by atoms with Crippen molar-refractivity contribution in [3.8, 4) is 0 Å². The van der Waals surface area contributed by atoms with Crippen molar-refractivity contribution in [3.05, 3.63) is 28.4 Å². The Labute approximate surface area is 91.6 Å². The van der Waals surface area contributed by atoms with Gasteiger partial charge < -0.3 is 14.9 Å². The van der Waals surface area contributed by atoms with Crippen LogP contribution >= 0.6 is 0 Å². The summed E-state index contributed by atoms with van der Waals surface area (Å²) < 4.78 is 4.73. The van der Waals surface area contributed by atoms with E-state index in [-0.39, 0.29) is 12.3 Å². The number of hydrogen-bond donors (Lipinski definition) is 1. The number of pyridine rings is 1. The molecule has 0 atom stereocenters. The Morgan fingerprint density at radius 3 is 3.06 bits per heavy atom. The third-order valence-electron chi connectivity index (χ3n) is 1.63. The Hall–Kier alpha value is -2.18. The van der Waals surface area contributed by atoms with Crippen LogP contribution in [0.15, 0.2) is 18.3 Å². The Morgan fingerprint density at radius 2 is 2.44 bits per heavy atom. The highest BCUT2D eigenvalue weighted by Crippen LogP contribution is 2.19. The maximum Gasteiger partial charge on any atom is 0.411 e. The van der Waals surface area contributed by atoms with Crippen molar-refractivity contribution >= 4 is 17.6 Å². The van der Waals surface area contributed by atoms with Gasteiger partial charge in [-0.15, -0.1) is 0 Å². The molecule has 1 rings (SSSR count). The van der Waals surface area contributed by atoms with Gasteiger partial charge in [0.15, 0.2) is 0 Å². The quantitative estimate of drug-likeness (QED) is 0.624. The van der Waals surface area contributed by atoms with Crippen LogP contribution in [0.4, 0.5) is 16.3 Å². The number of nitrogens with zero attached hydrogens (tertiary/aromatic N) is 2. The Morgan fingerprint density at radius 1 is 1.69 bits per heavy atom. The van der Waals surface area contributed by atoms with Crippen molar-refractivity contribution in [1.29, 1.82) is 0 Å². The van der Waals surface area contributed by atoms with E-state index in [1.807, 2.05) is 6.92 Å². The molecule has 0 unspecified atom stereocenters. The summed E-state index contributed by atoms with van der Waals surface area (Å²) in [4.78, 5) is 24.6. The van der Waals surface area contributed by atoms with E-state index in [0.717, 1.165) is 0 Å². The number of nitrogens with one attached hydrogen (secondary N) is 1. The summed E-state index contributed by atoms with van der Waals surface area (Å²) in [5.41, 5.74) is 0.0219. The standard InChI is InChI=1S/C9H11N3O4/c1-2-6-16-9(13)11-7-4-3-5-10-8(7)12(14)15/h3-5H,2,6H2,1H3,(H,11,13). The van der Waals surface area contributed by atoms with Gasteiger partial charge in [0, 0.05) is 0 Å². The first kappa shape index (κ1) is 11.9. The molecular weight excluding hydrogens is 214 g/mol. The molecule has 7 nitrogen and oxygen atoms in total. The van der Waals surface area contributed by atoms with E-state index in [2.05, 4.69) is 10.3 Å². The molecule has 0 aromatic carbocycles. The molecule has 0 saturated carbocycles. The molecule has 7 heteroatoms. The van der Waals surface area contributed by atoms with Gasteiger partial charge in [0.05, 0.1) is 6.61 Å². The zero-order chi connectivity index (χ0) is 12.0. The topological polar surface area (TPSA) is 94.4 Å². The number of carbonyl (C=O) groups is 1. The highest BCUT2D eigenvalue weighted by molar-refractivity contribution is 5.86. The Kier molecular flexibility index (Phi) is 4.19. The second kappa shape index (κ2) is 5.64. The van der Waals surface area contributed by atoms with Crippen LogP contribution in [0, 0.1) is 10.1 Å². The van der Waals surface area contributed by atoms with Gasteiger partial charge >= 0.3 is 11.9 Å². The lowest BCUT2D eigenvalue weighted by atomic mass is 10.4. The van der Waals surface area contributed by atoms with Gasteiger partial charge in [-0.2, -0.15) is 0 Å². The summed E-state index contributed by atoms with van der Waals surface area (Å²) >= 11 is 0. The number of hydrogen-bond acceptors (Lipinski definition) is 5. The summed E-state index contributed by atoms with van der Waals surface area (Å²) in [6.07, 6.45) is 1.24. The average molecular weight is 225 g/mol. The monoisotopic (exact) mass is 225 g/mol. The zero-order valence-corrected chi connectivity index (χ0v) is 8.67. The number of rotatable bonds is 4. The van der Waals surface area contributed by atoms with Crippen LogP contribution in [-0.2, 0) is 4.74 Å². The Balaban J connectivity index is 2.73. The van der Waals surface area contributed by atoms with Crippen molar-refractivity contribution in [2.45, 2.75) is 13.3 Å². The molecule has 0 fully saturated rings. The molecule has 0 saturated heterocycles. The van der Waals surface area contributed by atoms with Gasteiger partial charge in [0.1, 0.15) is 11.9 Å². The van der Waals surface area contributed by atoms with Crippen LogP contribution in [0.25, 0.3) is 0 Å². The molecular formula is C9H11N3O4. The van der Waals surface area contributed by atoms with Gasteiger partial charge in [-0.05, 0) is 28.5 Å². The summed E-state index contributed by atoms with van der Waals surface area (Å²) in [5, 5.41) is 12.8. The molecule has 1 N–H and O–H groups in total. The molecule has 0 aliphatic carbocycles. The maximum absolute atomic E-state index is 11.2. The number of nitro groups is 1. The fraction of sp³-hybridized carbons (Fsp3) is 0.333. The van der Waals surface area contributed by atoms with Crippen LogP contribution in [-0.4, -0.2) is 22.6 Å². The van der Waals surface area contributed by atoms with Gasteiger partial charge in [0.25, 0.3) is 0 Å². The third-order valence-corrected chi connectivity index (χ3v) is 1.63. The van der Waals surface area contributed by atoms with Gasteiger partial charge in [-0.3, -0.25) is 5.32 Å². The van der Waals surface area contributed by atoms with E-state index in [1.54, 1.807) is 0 Å². The van der Waals surface area contributed by atoms with Crippen LogP contribution in [0.5, 0.6) is 0 Å². The smallest absolute Gasteiger partial charge is 0.411 e. The van der Waals surface area contributed by atoms with E-state index in [0.29, 0.717) is 6.42 Å². The molecule has 1 amide bonds. The van der Waals surface area contributed by atoms with E-state index in [1.165, 1.54) is 18.3 Å². The summed E-state index contributed by atoms with van der Waals surface area (Å²) in [5.74, 6) is -0.407. The first-order valence-corrected chi connectivity index (χ1v) is 4.68. The number of carbonyl (C=O) groups excluding carboxylic acids is 1. The fourth-order valence-corrected chi connectivity index (χ4v) is 0.981. The minimum atomic E-state index is -0.724. The Bertz CT molecular complexity index is 394. The van der Waals surface area contributed by atoms with E-state index in [4.69, 9.17) is 4.74 Å². The number of ether oxygens (including phenoxy) is 1. The first-order valence-electron chi connectivity index (χ1n) is 4.68. The minimum absolute atomic E-state index is 0.0219. The molecule has 0 aliphatic heterocycles. The average Bonchev–Trinajstić information content (AvgIpc) is 2.27. The van der Waals surface area contributed by atoms with Gasteiger partial charge in [-0.1, -0.05) is 6.92 Å². The fourth-order valence-electron chi connectivity index (χ4n) is 0.981. The largest absolute Gasteiger partial charge is 0.449 e. The molecule has 1 aromatic rings. The van der Waals surface area contributed by atoms with Crippen LogP contribution < -0.4 is 5.32 Å². The molecule has 0 bridgehead atoms. The van der Waals surface area contributed by atoms with Crippen LogP contribution in [0.1, 0.15) is 13.3 Å². The van der Waals surface area contributed by atoms with Crippen LogP contribution in [0.3, 0.4) is 0 Å². The van der Waals surface area contributed by atoms with E-state index >= 15 is 0 Å². The summed E-state index contributed by atoms with van der Waals surface area (Å²) in [6.45, 7) is 2.11. The second-order valence-corrected chi connectivity index (χ2v) is 2.89. The molecule has 16 heavy (non-hydrogen) atoms. The number of amides is 1. The predicted molar refractivity (Wildman–Crippen MR) is 56.2 cm³/mol. The lowest BCUT2D eigenvalue weighted by Crippen LogP contribution is -2.15. The first-order chi connectivity index (χ1) is 7.65. The summed E-state index contributed by atoms with van der Waals surface area (Å²) in [6, 6.07) is 2.88. The van der Waals surface area contributed by atoms with Crippen molar-refractivity contribution in [3.63, 3.8) is 0 Å². The predicted octanol–water partition coefficient (Wildman–Crippen LogP) is 1.95. The lowest BCUT2D eigenvalue weighted by molar-refractivity contribution is -0.388. The minimum Gasteiger partial charge on any atom is -0.449 e. The summed E-state index contributed by atoms with van der Waals surface area (Å²) in [7, 11) is 0. The number of anilines is 1. The second-order valence-electron chi connectivity index (χ2n) is 2.89. The molecule has 1 aromatic heterocycles. The molecule has 0 aliphatic rings. The zero-order valence-electron chi connectivity index (χ0n) is 8.67. The van der Waals surface area contributed by atoms with E-state index < -0.39 is 16.8 Å². The number of aromatic nitrogens is 1. The normalized spacial score (nSPS) is 9.56. The van der Waals surface area contributed by atoms with Gasteiger partial charge in [-0.25, -0.2) is 4.79 Å². The molecule has 86 valence electrons.